The summed E-state index contributed by atoms with van der Waals surface area (Å²) in [6, 6.07) is -0.380. The Kier molecular flexibility index (Phi) is 6.95. The third-order valence-corrected chi connectivity index (χ3v) is 3.67. The molecule has 1 aliphatic heterocycles. The van der Waals surface area contributed by atoms with Gasteiger partial charge in [0.15, 0.2) is 0 Å². The van der Waals surface area contributed by atoms with Crippen LogP contribution in [-0.2, 0) is 9.59 Å². The molecule has 1 fully saturated rings. The first kappa shape index (κ1) is 16.9. The van der Waals surface area contributed by atoms with Gasteiger partial charge in [-0.15, -0.1) is 0 Å². The lowest BCUT2D eigenvalue weighted by Gasteiger charge is -2.24. The molecule has 1 rings (SSSR count). The Morgan fingerprint density at radius 1 is 1.20 bits per heavy atom. The fourth-order valence-electron chi connectivity index (χ4n) is 2.35. The van der Waals surface area contributed by atoms with Crippen LogP contribution in [0.1, 0.15) is 26.2 Å². The Bertz CT molecular complexity index is 333. The van der Waals surface area contributed by atoms with Crippen molar-refractivity contribution < 1.29 is 9.59 Å². The molecule has 0 aromatic heterocycles. The third kappa shape index (κ3) is 5.09. The first-order chi connectivity index (χ1) is 9.45. The molecule has 0 bridgehead atoms. The zero-order valence-corrected chi connectivity index (χ0v) is 13.0. The molecule has 0 radical (unpaired) electrons. The van der Waals surface area contributed by atoms with E-state index >= 15 is 0 Å². The van der Waals surface area contributed by atoms with Crippen LogP contribution in [0.2, 0.25) is 0 Å². The van der Waals surface area contributed by atoms with Gasteiger partial charge in [0.05, 0.1) is 12.6 Å². The fourth-order valence-corrected chi connectivity index (χ4v) is 2.35. The minimum Gasteiger partial charge on any atom is -0.348 e. The third-order valence-electron chi connectivity index (χ3n) is 3.67. The second-order valence-electron chi connectivity index (χ2n) is 5.64. The molecular weight excluding hydrogens is 256 g/mol. The monoisotopic (exact) mass is 284 g/mol. The number of carbonyl (C=O) groups excluding carboxylic acids is 2. The van der Waals surface area contributed by atoms with Crippen molar-refractivity contribution in [2.24, 2.45) is 5.73 Å². The molecule has 2 N–H and O–H groups in total. The number of carbonyl (C=O) groups is 2. The molecule has 0 saturated carbocycles. The number of hydrogen-bond acceptors (Lipinski definition) is 4. The summed E-state index contributed by atoms with van der Waals surface area (Å²) < 4.78 is 0. The van der Waals surface area contributed by atoms with Gasteiger partial charge < -0.3 is 15.5 Å². The zero-order chi connectivity index (χ0) is 15.1. The van der Waals surface area contributed by atoms with Crippen LogP contribution in [0.3, 0.4) is 0 Å². The summed E-state index contributed by atoms with van der Waals surface area (Å²) in [5, 5.41) is 0. The minimum atomic E-state index is -0.380. The summed E-state index contributed by atoms with van der Waals surface area (Å²) in [5.74, 6) is 0.153. The zero-order valence-electron chi connectivity index (χ0n) is 13.0. The predicted octanol–water partition coefficient (Wildman–Crippen LogP) is -0.264. The molecule has 20 heavy (non-hydrogen) atoms. The number of amides is 2. The molecule has 1 aliphatic rings. The number of nitrogens with zero attached hydrogens (tertiary/aromatic N) is 3. The Hall–Kier alpha value is -1.14. The van der Waals surface area contributed by atoms with Gasteiger partial charge in [-0.25, -0.2) is 0 Å². The molecule has 1 atom stereocenters. The Morgan fingerprint density at radius 3 is 2.50 bits per heavy atom. The lowest BCUT2D eigenvalue weighted by atomic mass is 10.1. The van der Waals surface area contributed by atoms with E-state index < -0.39 is 0 Å². The summed E-state index contributed by atoms with van der Waals surface area (Å²) in [6.07, 6.45) is 2.55. The molecule has 6 heteroatoms. The van der Waals surface area contributed by atoms with Crippen LogP contribution in [0.4, 0.5) is 0 Å². The second-order valence-corrected chi connectivity index (χ2v) is 5.64. The summed E-state index contributed by atoms with van der Waals surface area (Å²) in [7, 11) is 3.53. The van der Waals surface area contributed by atoms with Crippen LogP contribution >= 0.6 is 0 Å². The molecule has 6 nitrogen and oxygen atoms in total. The van der Waals surface area contributed by atoms with Gasteiger partial charge in [-0.3, -0.25) is 14.5 Å². The van der Waals surface area contributed by atoms with Crippen LogP contribution in [0.15, 0.2) is 0 Å². The van der Waals surface area contributed by atoms with Crippen molar-refractivity contribution in [3.05, 3.63) is 0 Å². The largest absolute Gasteiger partial charge is 0.348 e. The number of likely N-dealkylation sites (N-methyl/N-ethyl adjacent to an activating group) is 1. The van der Waals surface area contributed by atoms with Gasteiger partial charge >= 0.3 is 0 Å². The van der Waals surface area contributed by atoms with E-state index in [1.165, 1.54) is 0 Å². The number of nitrogens with two attached hydrogens (primary N) is 1. The maximum atomic E-state index is 12.2. The molecule has 0 aromatic carbocycles. The number of hydrogen-bond donors (Lipinski definition) is 1. The van der Waals surface area contributed by atoms with E-state index in [0.29, 0.717) is 13.1 Å². The van der Waals surface area contributed by atoms with Crippen molar-refractivity contribution in [3.8, 4) is 0 Å². The van der Waals surface area contributed by atoms with E-state index in [0.717, 1.165) is 38.9 Å². The fraction of sp³-hybridized carbons (Fsp3) is 0.857. The van der Waals surface area contributed by atoms with E-state index in [1.54, 1.807) is 19.0 Å². The van der Waals surface area contributed by atoms with E-state index in [2.05, 4.69) is 4.90 Å². The SMILES string of the molecule is CCC[C@H](N)C(=O)N1CCCN(CC(=O)N(C)C)CC1. The van der Waals surface area contributed by atoms with Gasteiger partial charge in [0.1, 0.15) is 0 Å². The Balaban J connectivity index is 2.46. The highest BCUT2D eigenvalue weighted by molar-refractivity contribution is 5.81. The van der Waals surface area contributed by atoms with Crippen molar-refractivity contribution in [3.63, 3.8) is 0 Å². The second kappa shape index (κ2) is 8.21. The summed E-state index contributed by atoms with van der Waals surface area (Å²) >= 11 is 0. The molecule has 0 aromatic rings. The predicted molar refractivity (Wildman–Crippen MR) is 79.2 cm³/mol. The van der Waals surface area contributed by atoms with Crippen molar-refractivity contribution in [2.45, 2.75) is 32.2 Å². The highest BCUT2D eigenvalue weighted by atomic mass is 16.2. The minimum absolute atomic E-state index is 0.0487. The topological polar surface area (TPSA) is 69.9 Å². The lowest BCUT2D eigenvalue weighted by Crippen LogP contribution is -2.45. The molecule has 0 spiro atoms. The maximum absolute atomic E-state index is 12.2. The van der Waals surface area contributed by atoms with Gasteiger partial charge in [0.2, 0.25) is 11.8 Å². The average Bonchev–Trinajstić information content (AvgIpc) is 2.63. The molecule has 2 amide bonds. The summed E-state index contributed by atoms with van der Waals surface area (Å²) in [5.41, 5.74) is 5.90. The van der Waals surface area contributed by atoms with Gasteiger partial charge in [-0.05, 0) is 12.8 Å². The molecule has 116 valence electrons. The van der Waals surface area contributed by atoms with Crippen LogP contribution in [-0.4, -0.2) is 79.4 Å². The smallest absolute Gasteiger partial charge is 0.239 e. The Morgan fingerprint density at radius 2 is 1.90 bits per heavy atom. The van der Waals surface area contributed by atoms with Gasteiger partial charge in [0.25, 0.3) is 0 Å². The molecular formula is C14H28N4O2. The van der Waals surface area contributed by atoms with Gasteiger partial charge in [-0.1, -0.05) is 13.3 Å². The highest BCUT2D eigenvalue weighted by Gasteiger charge is 2.24. The molecule has 1 heterocycles. The van der Waals surface area contributed by atoms with Crippen LogP contribution in [0.25, 0.3) is 0 Å². The van der Waals surface area contributed by atoms with Crippen molar-refractivity contribution in [2.75, 3.05) is 46.8 Å². The summed E-state index contributed by atoms with van der Waals surface area (Å²) in [4.78, 5) is 29.5. The lowest BCUT2D eigenvalue weighted by molar-refractivity contribution is -0.132. The average molecular weight is 284 g/mol. The van der Waals surface area contributed by atoms with E-state index in [9.17, 15) is 9.59 Å². The van der Waals surface area contributed by atoms with Gasteiger partial charge in [0, 0.05) is 40.3 Å². The van der Waals surface area contributed by atoms with Gasteiger partial charge in [-0.2, -0.15) is 0 Å². The first-order valence-electron chi connectivity index (χ1n) is 7.42. The van der Waals surface area contributed by atoms with E-state index in [1.807, 2.05) is 11.8 Å². The van der Waals surface area contributed by atoms with E-state index in [-0.39, 0.29) is 17.9 Å². The van der Waals surface area contributed by atoms with Crippen molar-refractivity contribution >= 4 is 11.8 Å². The molecule has 1 saturated heterocycles. The van der Waals surface area contributed by atoms with Crippen molar-refractivity contribution in [1.82, 2.24) is 14.7 Å². The highest BCUT2D eigenvalue weighted by Crippen LogP contribution is 2.07. The molecule has 0 unspecified atom stereocenters. The van der Waals surface area contributed by atoms with Crippen LogP contribution in [0.5, 0.6) is 0 Å². The Labute approximate surface area is 121 Å². The standard InChI is InChI=1S/C14H28N4O2/c1-4-6-12(15)14(20)18-8-5-7-17(9-10-18)11-13(19)16(2)3/h12H,4-11,15H2,1-3H3/t12-/m0/s1. The van der Waals surface area contributed by atoms with Crippen LogP contribution in [0, 0.1) is 0 Å². The summed E-state index contributed by atoms with van der Waals surface area (Å²) in [6.45, 7) is 5.45. The molecule has 0 aliphatic carbocycles. The van der Waals surface area contributed by atoms with Crippen LogP contribution < -0.4 is 5.73 Å². The first-order valence-corrected chi connectivity index (χ1v) is 7.42. The normalized spacial score (nSPS) is 18.5. The maximum Gasteiger partial charge on any atom is 0.239 e. The quantitative estimate of drug-likeness (QED) is 0.755. The van der Waals surface area contributed by atoms with Crippen molar-refractivity contribution in [1.29, 1.82) is 0 Å². The van der Waals surface area contributed by atoms with E-state index in [4.69, 9.17) is 5.73 Å². The number of rotatable bonds is 5.